The molecule has 1 aliphatic rings. The van der Waals surface area contributed by atoms with Gasteiger partial charge in [-0.3, -0.25) is 0 Å². The number of hydrogen-bond acceptors (Lipinski definition) is 3. The minimum absolute atomic E-state index is 0.532. The van der Waals surface area contributed by atoms with Crippen LogP contribution >= 0.6 is 15.9 Å². The molecule has 0 N–H and O–H groups in total. The van der Waals surface area contributed by atoms with Gasteiger partial charge in [-0.2, -0.15) is 0 Å². The summed E-state index contributed by atoms with van der Waals surface area (Å²) >= 11 is 3.36. The maximum absolute atomic E-state index is 11.4. The van der Waals surface area contributed by atoms with Crippen molar-refractivity contribution < 1.29 is 8.42 Å². The highest BCUT2D eigenvalue weighted by atomic mass is 79.9. The van der Waals surface area contributed by atoms with Crippen molar-refractivity contribution in [3.8, 4) is 0 Å². The predicted molar refractivity (Wildman–Crippen MR) is 74.8 cm³/mol. The van der Waals surface area contributed by atoms with Crippen LogP contribution in [0.1, 0.15) is 18.5 Å². The average Bonchev–Trinajstić information content (AvgIpc) is 2.28. The van der Waals surface area contributed by atoms with Crippen LogP contribution in [0, 0.1) is 5.92 Å². The Morgan fingerprint density at radius 2 is 2.06 bits per heavy atom. The van der Waals surface area contributed by atoms with E-state index in [-0.39, 0.29) is 0 Å². The number of pyridine rings is 1. The molecule has 100 valence electrons. The van der Waals surface area contributed by atoms with Crippen molar-refractivity contribution in [3.63, 3.8) is 0 Å². The lowest BCUT2D eigenvalue weighted by Crippen LogP contribution is -2.38. The van der Waals surface area contributed by atoms with E-state index in [4.69, 9.17) is 0 Å². The van der Waals surface area contributed by atoms with Crippen molar-refractivity contribution in [2.45, 2.75) is 19.3 Å². The fourth-order valence-corrected chi connectivity index (χ4v) is 3.56. The molecule has 1 aromatic heterocycles. The highest BCUT2D eigenvalue weighted by Gasteiger charge is 2.25. The number of hydrogen-bond donors (Lipinski definition) is 0. The summed E-state index contributed by atoms with van der Waals surface area (Å²) in [5.41, 5.74) is 1.07. The highest BCUT2D eigenvalue weighted by molar-refractivity contribution is 9.10. The van der Waals surface area contributed by atoms with Gasteiger partial charge in [0.15, 0.2) is 0 Å². The maximum Gasteiger partial charge on any atom is 0.211 e. The number of sulfonamides is 1. The second-order valence-corrected chi connectivity index (χ2v) is 7.56. The van der Waals surface area contributed by atoms with Crippen molar-refractivity contribution in [3.05, 3.63) is 28.5 Å². The van der Waals surface area contributed by atoms with Crippen LogP contribution < -0.4 is 0 Å². The second kappa shape index (κ2) is 5.67. The van der Waals surface area contributed by atoms with E-state index in [0.29, 0.717) is 19.0 Å². The molecule has 18 heavy (non-hydrogen) atoms. The van der Waals surface area contributed by atoms with Gasteiger partial charge in [-0.15, -0.1) is 0 Å². The lowest BCUT2D eigenvalue weighted by Gasteiger charge is -2.30. The van der Waals surface area contributed by atoms with Gasteiger partial charge in [-0.1, -0.05) is 6.07 Å². The van der Waals surface area contributed by atoms with Crippen molar-refractivity contribution in [2.75, 3.05) is 19.3 Å². The van der Waals surface area contributed by atoms with Gasteiger partial charge in [0.25, 0.3) is 0 Å². The molecule has 0 aliphatic carbocycles. The summed E-state index contributed by atoms with van der Waals surface area (Å²) in [5, 5.41) is 0. The van der Waals surface area contributed by atoms with Crippen molar-refractivity contribution in [1.29, 1.82) is 0 Å². The number of rotatable bonds is 3. The van der Waals surface area contributed by atoms with Crippen molar-refractivity contribution >= 4 is 26.0 Å². The molecule has 1 saturated heterocycles. The first kappa shape index (κ1) is 14.0. The molecule has 0 spiro atoms. The first-order valence-electron chi connectivity index (χ1n) is 6.02. The first-order valence-corrected chi connectivity index (χ1v) is 8.66. The van der Waals surface area contributed by atoms with Crippen LogP contribution in [0.4, 0.5) is 0 Å². The van der Waals surface area contributed by atoms with Crippen LogP contribution in [0.25, 0.3) is 0 Å². The third-order valence-corrected chi connectivity index (χ3v) is 5.06. The van der Waals surface area contributed by atoms with Crippen LogP contribution in [0.15, 0.2) is 22.8 Å². The van der Waals surface area contributed by atoms with Crippen LogP contribution in [0.2, 0.25) is 0 Å². The predicted octanol–water partition coefficient (Wildman–Crippen LogP) is 2.06. The molecule has 0 unspecified atom stereocenters. The molecule has 0 bridgehead atoms. The van der Waals surface area contributed by atoms with Gasteiger partial charge in [-0.05, 0) is 53.2 Å². The molecule has 1 aliphatic heterocycles. The standard InChI is InChI=1S/C12H17BrN2O2S/c1-18(16,17)15-7-5-10(6-8-15)9-11-3-2-4-12(13)14-11/h2-4,10H,5-9H2,1H3. The number of nitrogens with zero attached hydrogens (tertiary/aromatic N) is 2. The number of aromatic nitrogens is 1. The Morgan fingerprint density at radius 1 is 1.39 bits per heavy atom. The summed E-state index contributed by atoms with van der Waals surface area (Å²) < 4.78 is 25.2. The summed E-state index contributed by atoms with van der Waals surface area (Å²) in [7, 11) is -3.02. The van der Waals surface area contributed by atoms with Gasteiger partial charge < -0.3 is 0 Å². The maximum atomic E-state index is 11.4. The van der Waals surface area contributed by atoms with Gasteiger partial charge in [0.2, 0.25) is 10.0 Å². The Kier molecular flexibility index (Phi) is 4.40. The molecule has 2 rings (SSSR count). The van der Waals surface area contributed by atoms with Crippen molar-refractivity contribution in [1.82, 2.24) is 9.29 Å². The minimum Gasteiger partial charge on any atom is -0.246 e. The molecule has 0 aromatic carbocycles. The van der Waals surface area contributed by atoms with Crippen LogP contribution in [-0.2, 0) is 16.4 Å². The zero-order valence-corrected chi connectivity index (χ0v) is 12.7. The van der Waals surface area contributed by atoms with E-state index in [1.165, 1.54) is 6.26 Å². The molecule has 1 aromatic rings. The van der Waals surface area contributed by atoms with Crippen LogP contribution in [0.5, 0.6) is 0 Å². The molecule has 0 saturated carbocycles. The molecule has 6 heteroatoms. The Balaban J connectivity index is 1.91. The van der Waals surface area contributed by atoms with Crippen molar-refractivity contribution in [2.24, 2.45) is 5.92 Å². The number of halogens is 1. The summed E-state index contributed by atoms with van der Waals surface area (Å²) in [4.78, 5) is 4.42. The zero-order valence-electron chi connectivity index (χ0n) is 10.3. The summed E-state index contributed by atoms with van der Waals surface area (Å²) in [6.07, 6.45) is 4.04. The Labute approximate surface area is 117 Å². The fraction of sp³-hybridized carbons (Fsp3) is 0.583. The molecule has 4 nitrogen and oxygen atoms in total. The molecular weight excluding hydrogens is 316 g/mol. The van der Waals surface area contributed by atoms with Gasteiger partial charge in [0.1, 0.15) is 4.60 Å². The molecule has 0 amide bonds. The van der Waals surface area contributed by atoms with Gasteiger partial charge in [0.05, 0.1) is 6.26 Å². The lowest BCUT2D eigenvalue weighted by molar-refractivity contribution is 0.273. The minimum atomic E-state index is -3.02. The Hall–Kier alpha value is -0.460. The summed E-state index contributed by atoms with van der Waals surface area (Å²) in [6, 6.07) is 5.92. The molecule has 1 fully saturated rings. The van der Waals surface area contributed by atoms with Gasteiger partial charge >= 0.3 is 0 Å². The fourth-order valence-electron chi connectivity index (χ4n) is 2.30. The summed E-state index contributed by atoms with van der Waals surface area (Å²) in [5.74, 6) is 0.532. The largest absolute Gasteiger partial charge is 0.246 e. The summed E-state index contributed by atoms with van der Waals surface area (Å²) in [6.45, 7) is 1.27. The average molecular weight is 333 g/mol. The second-order valence-electron chi connectivity index (χ2n) is 4.76. The third kappa shape index (κ3) is 3.76. The van der Waals surface area contributed by atoms with E-state index < -0.39 is 10.0 Å². The van der Waals surface area contributed by atoms with E-state index in [9.17, 15) is 8.42 Å². The topological polar surface area (TPSA) is 50.3 Å². The quantitative estimate of drug-likeness (QED) is 0.796. The van der Waals surface area contributed by atoms with Gasteiger partial charge in [-0.25, -0.2) is 17.7 Å². The number of piperidine rings is 1. The lowest BCUT2D eigenvalue weighted by atomic mass is 9.93. The smallest absolute Gasteiger partial charge is 0.211 e. The normalized spacial score (nSPS) is 19.0. The highest BCUT2D eigenvalue weighted by Crippen LogP contribution is 2.22. The SMILES string of the molecule is CS(=O)(=O)N1CCC(Cc2cccc(Br)n2)CC1. The monoisotopic (exact) mass is 332 g/mol. The van der Waals surface area contributed by atoms with Crippen LogP contribution in [-0.4, -0.2) is 37.1 Å². The Bertz CT molecular complexity index is 511. The third-order valence-electron chi connectivity index (χ3n) is 3.31. The first-order chi connectivity index (χ1) is 8.45. The zero-order chi connectivity index (χ0) is 13.2. The van der Waals surface area contributed by atoms with E-state index in [2.05, 4.69) is 20.9 Å². The molecule has 0 atom stereocenters. The molecule has 2 heterocycles. The van der Waals surface area contributed by atoms with E-state index in [1.807, 2.05) is 18.2 Å². The van der Waals surface area contributed by atoms with Gasteiger partial charge in [0, 0.05) is 18.8 Å². The molecular formula is C12H17BrN2O2S. The van der Waals surface area contributed by atoms with E-state index >= 15 is 0 Å². The van der Waals surface area contributed by atoms with Crippen LogP contribution in [0.3, 0.4) is 0 Å². The van der Waals surface area contributed by atoms with E-state index in [1.54, 1.807) is 4.31 Å². The molecule has 0 radical (unpaired) electrons. The Morgan fingerprint density at radius 3 is 2.61 bits per heavy atom. The van der Waals surface area contributed by atoms with E-state index in [0.717, 1.165) is 29.6 Å².